The van der Waals surface area contributed by atoms with Crippen molar-refractivity contribution in [2.24, 2.45) is 5.41 Å². The van der Waals surface area contributed by atoms with Crippen molar-refractivity contribution in [3.63, 3.8) is 0 Å². The molecule has 0 fully saturated rings. The van der Waals surface area contributed by atoms with Crippen LogP contribution in [-0.4, -0.2) is 65.1 Å². The molecule has 0 unspecified atom stereocenters. The van der Waals surface area contributed by atoms with Gasteiger partial charge in [0.05, 0.1) is 24.3 Å². The van der Waals surface area contributed by atoms with Crippen LogP contribution in [0.1, 0.15) is 77.7 Å². The topological polar surface area (TPSA) is 127 Å². The maximum Gasteiger partial charge on any atom is 0.290 e. The first kappa shape index (κ1) is 34.5. The van der Waals surface area contributed by atoms with E-state index in [1.807, 2.05) is 6.07 Å². The maximum atomic E-state index is 14.0. The molecule has 0 aliphatic carbocycles. The van der Waals surface area contributed by atoms with Crippen molar-refractivity contribution in [3.05, 3.63) is 45.4 Å². The van der Waals surface area contributed by atoms with Gasteiger partial charge in [0.2, 0.25) is 5.91 Å². The minimum atomic E-state index is -0.882. The lowest BCUT2D eigenvalue weighted by Gasteiger charge is -2.36. The molecule has 3 rings (SSSR count). The van der Waals surface area contributed by atoms with Crippen molar-refractivity contribution in [1.82, 2.24) is 15.0 Å². The highest BCUT2D eigenvalue weighted by molar-refractivity contribution is 7.17. The number of hydrogen-bond donors (Lipinski definition) is 1. The average molecular weight is 622 g/mol. The molecular weight excluding hydrogens is 578 g/mol. The van der Waals surface area contributed by atoms with Gasteiger partial charge >= 0.3 is 0 Å². The second kappa shape index (κ2) is 14.6. The summed E-state index contributed by atoms with van der Waals surface area (Å²) in [4.78, 5) is 48.4. The number of carbonyl (C=O) groups excluding carboxylic acids is 3. The van der Waals surface area contributed by atoms with Crippen molar-refractivity contribution in [2.75, 3.05) is 32.1 Å². The summed E-state index contributed by atoms with van der Waals surface area (Å²) in [6.45, 7) is 12.2. The molecule has 0 bridgehead atoms. The molecule has 3 amide bonds. The van der Waals surface area contributed by atoms with E-state index in [2.05, 4.69) is 18.7 Å². The van der Waals surface area contributed by atoms with Crippen LogP contribution in [0.2, 0.25) is 0 Å². The highest BCUT2D eigenvalue weighted by Crippen LogP contribution is 2.42. The summed E-state index contributed by atoms with van der Waals surface area (Å²) in [7, 11) is 2.90. The Kier molecular flexibility index (Phi) is 11.5. The summed E-state index contributed by atoms with van der Waals surface area (Å²) < 4.78 is 5.69. The van der Waals surface area contributed by atoms with Crippen molar-refractivity contribution in [1.29, 1.82) is 5.26 Å². The van der Waals surface area contributed by atoms with Gasteiger partial charge in [-0.2, -0.15) is 10.3 Å². The molecule has 0 atom stereocenters. The number of rotatable bonds is 12. The van der Waals surface area contributed by atoms with E-state index in [9.17, 15) is 24.8 Å². The summed E-state index contributed by atoms with van der Waals surface area (Å²) in [6, 6.07) is 7.30. The standard InChI is InChI=1S/C33H43N5O5S/c1-9-11-16-37(17-12-10-2)32-35-28(27-22(20-39)14-13-15-25(27)43-8)26(44-32)18-23-21(3)24(19-34)30(41)38(29(23)40)36(7)31(42)33(4,5)6/h13-15,18,39H,9-12,16-17,20H2,1-8H3/b23-18-. The Labute approximate surface area is 264 Å². The predicted octanol–water partition coefficient (Wildman–Crippen LogP) is 5.73. The third-order valence-electron chi connectivity index (χ3n) is 7.45. The van der Waals surface area contributed by atoms with Crippen LogP contribution in [0.4, 0.5) is 5.13 Å². The summed E-state index contributed by atoms with van der Waals surface area (Å²) in [5.41, 5.74) is 0.911. The number of amides is 3. The van der Waals surface area contributed by atoms with E-state index >= 15 is 0 Å². The number of thiazole rings is 1. The van der Waals surface area contributed by atoms with Crippen molar-refractivity contribution in [2.45, 2.75) is 73.8 Å². The van der Waals surface area contributed by atoms with Crippen LogP contribution in [0.15, 0.2) is 34.9 Å². The molecule has 0 saturated carbocycles. The average Bonchev–Trinajstić information content (AvgIpc) is 3.41. The van der Waals surface area contributed by atoms with Crippen molar-refractivity contribution < 1.29 is 24.2 Å². The van der Waals surface area contributed by atoms with Gasteiger partial charge in [-0.25, -0.2) is 9.99 Å². The zero-order valence-electron chi connectivity index (χ0n) is 27.0. The van der Waals surface area contributed by atoms with Crippen LogP contribution in [0.3, 0.4) is 0 Å². The SMILES string of the molecule is CCCCN(CCCC)c1nc(-c2c(CO)cccc2OC)c(/C=C2\C(=O)N(N(C)C(=O)C(C)(C)C)C(=O)C(C#N)=C2C)s1. The van der Waals surface area contributed by atoms with E-state index < -0.39 is 23.1 Å². The number of hydrazine groups is 1. The Balaban J connectivity index is 2.33. The molecule has 2 heterocycles. The fourth-order valence-corrected chi connectivity index (χ4v) is 6.00. The molecule has 1 aromatic carbocycles. The number of ether oxygens (including phenoxy) is 1. The van der Waals surface area contributed by atoms with E-state index in [4.69, 9.17) is 9.72 Å². The lowest BCUT2D eigenvalue weighted by molar-refractivity contribution is -0.171. The Morgan fingerprint density at radius 3 is 2.32 bits per heavy atom. The first-order valence-corrected chi connectivity index (χ1v) is 15.7. The molecule has 44 heavy (non-hydrogen) atoms. The number of nitrogens with zero attached hydrogens (tertiary/aromatic N) is 5. The lowest BCUT2D eigenvalue weighted by Crippen LogP contribution is -2.56. The fraction of sp³-hybridized carbons (Fsp3) is 0.485. The van der Waals surface area contributed by atoms with Crippen LogP contribution in [0, 0.1) is 16.7 Å². The van der Waals surface area contributed by atoms with E-state index in [-0.39, 0.29) is 23.3 Å². The highest BCUT2D eigenvalue weighted by atomic mass is 32.1. The Morgan fingerprint density at radius 2 is 1.80 bits per heavy atom. The number of unbranched alkanes of at least 4 members (excludes halogenated alkanes) is 2. The summed E-state index contributed by atoms with van der Waals surface area (Å²) in [5, 5.41) is 22.7. The number of aliphatic hydroxyl groups is 1. The summed E-state index contributed by atoms with van der Waals surface area (Å²) in [5.74, 6) is -1.52. The van der Waals surface area contributed by atoms with Gasteiger partial charge in [-0.3, -0.25) is 14.4 Å². The molecule has 236 valence electrons. The molecule has 1 aliphatic heterocycles. The molecular formula is C33H43N5O5S. The van der Waals surface area contributed by atoms with Gasteiger partial charge < -0.3 is 14.7 Å². The number of benzene rings is 1. The maximum absolute atomic E-state index is 14.0. The molecule has 1 aliphatic rings. The zero-order valence-corrected chi connectivity index (χ0v) is 27.8. The Hall–Kier alpha value is -4.01. The minimum Gasteiger partial charge on any atom is -0.496 e. The first-order chi connectivity index (χ1) is 20.9. The lowest BCUT2D eigenvalue weighted by atomic mass is 9.93. The van der Waals surface area contributed by atoms with E-state index in [1.54, 1.807) is 59.1 Å². The second-order valence-electron chi connectivity index (χ2n) is 11.7. The van der Waals surface area contributed by atoms with Crippen LogP contribution in [0.5, 0.6) is 5.75 Å². The fourth-order valence-electron chi connectivity index (χ4n) is 4.93. The molecule has 0 saturated heterocycles. The quantitative estimate of drug-likeness (QED) is 0.235. The highest BCUT2D eigenvalue weighted by Gasteiger charge is 2.42. The van der Waals surface area contributed by atoms with Crippen LogP contribution >= 0.6 is 11.3 Å². The Bertz CT molecular complexity index is 1480. The van der Waals surface area contributed by atoms with Gasteiger partial charge in [-0.15, -0.1) is 0 Å². The van der Waals surface area contributed by atoms with Crippen molar-refractivity contribution >= 4 is 40.3 Å². The third-order valence-corrected chi connectivity index (χ3v) is 8.51. The second-order valence-corrected chi connectivity index (χ2v) is 12.7. The van der Waals surface area contributed by atoms with Gasteiger partial charge in [0, 0.05) is 36.7 Å². The monoisotopic (exact) mass is 621 g/mol. The molecule has 2 aromatic rings. The number of anilines is 1. The number of imide groups is 1. The van der Waals surface area contributed by atoms with Gasteiger partial charge in [-0.1, -0.05) is 70.9 Å². The molecule has 1 aromatic heterocycles. The third kappa shape index (κ3) is 7.03. The predicted molar refractivity (Wildman–Crippen MR) is 172 cm³/mol. The van der Waals surface area contributed by atoms with Crippen molar-refractivity contribution in [3.8, 4) is 23.1 Å². The molecule has 1 N–H and O–H groups in total. The number of hydrogen-bond acceptors (Lipinski definition) is 9. The van der Waals surface area contributed by atoms with Crippen LogP contribution in [-0.2, 0) is 21.0 Å². The first-order valence-electron chi connectivity index (χ1n) is 14.9. The molecule has 0 radical (unpaired) electrons. The normalized spacial score (nSPS) is 14.7. The number of aromatic nitrogens is 1. The number of aliphatic hydroxyl groups excluding tert-OH is 1. The zero-order chi connectivity index (χ0) is 32.8. The van der Waals surface area contributed by atoms with E-state index in [0.29, 0.717) is 27.4 Å². The molecule has 10 nitrogen and oxygen atoms in total. The minimum absolute atomic E-state index is 0.0975. The Morgan fingerprint density at radius 1 is 1.16 bits per heavy atom. The van der Waals surface area contributed by atoms with E-state index in [0.717, 1.165) is 53.9 Å². The van der Waals surface area contributed by atoms with Gasteiger partial charge in [-0.05, 0) is 43.0 Å². The van der Waals surface area contributed by atoms with Gasteiger partial charge in [0.25, 0.3) is 11.8 Å². The number of methoxy groups -OCH3 is 1. The van der Waals surface area contributed by atoms with Crippen LogP contribution in [0.25, 0.3) is 17.3 Å². The van der Waals surface area contributed by atoms with Gasteiger partial charge in [0.15, 0.2) is 5.13 Å². The summed E-state index contributed by atoms with van der Waals surface area (Å²) >= 11 is 1.39. The molecule has 0 spiro atoms. The van der Waals surface area contributed by atoms with Gasteiger partial charge in [0.1, 0.15) is 17.4 Å². The number of carbonyl (C=O) groups is 3. The van der Waals surface area contributed by atoms with E-state index in [1.165, 1.54) is 18.4 Å². The number of nitriles is 1. The smallest absolute Gasteiger partial charge is 0.290 e. The molecule has 11 heteroatoms. The van der Waals surface area contributed by atoms with Crippen LogP contribution < -0.4 is 9.64 Å². The summed E-state index contributed by atoms with van der Waals surface area (Å²) in [6.07, 6.45) is 5.61. The largest absolute Gasteiger partial charge is 0.496 e.